The van der Waals surface area contributed by atoms with Gasteiger partial charge in [0.2, 0.25) is 5.91 Å². The SMILES string of the molecule is CC(=O)N1CCC(CC(=O)CCCCCCCCCCCCCC(=O)O)CC1. The third-order valence-electron chi connectivity index (χ3n) is 5.92. The van der Waals surface area contributed by atoms with E-state index in [-0.39, 0.29) is 5.91 Å². The van der Waals surface area contributed by atoms with Crippen LogP contribution < -0.4 is 0 Å². The molecule has 0 aromatic heterocycles. The number of rotatable bonds is 16. The summed E-state index contributed by atoms with van der Waals surface area (Å²) in [7, 11) is 0. The van der Waals surface area contributed by atoms with Gasteiger partial charge in [-0.3, -0.25) is 14.4 Å². The van der Waals surface area contributed by atoms with Crippen LogP contribution in [0.2, 0.25) is 0 Å². The highest BCUT2D eigenvalue weighted by molar-refractivity contribution is 5.78. The molecule has 0 aromatic carbocycles. The van der Waals surface area contributed by atoms with Crippen molar-refractivity contribution < 1.29 is 19.5 Å². The number of nitrogens with zero attached hydrogens (tertiary/aromatic N) is 1. The van der Waals surface area contributed by atoms with E-state index in [4.69, 9.17) is 5.11 Å². The first-order valence-corrected chi connectivity index (χ1v) is 11.5. The lowest BCUT2D eigenvalue weighted by Crippen LogP contribution is -2.37. The van der Waals surface area contributed by atoms with Gasteiger partial charge in [-0.05, 0) is 31.6 Å². The predicted octanol–water partition coefficient (Wildman–Crippen LogP) is 5.36. The van der Waals surface area contributed by atoms with Gasteiger partial charge in [-0.15, -0.1) is 0 Å². The van der Waals surface area contributed by atoms with Crippen LogP contribution in [-0.4, -0.2) is 40.8 Å². The van der Waals surface area contributed by atoms with E-state index in [9.17, 15) is 14.4 Å². The van der Waals surface area contributed by atoms with Gasteiger partial charge in [-0.25, -0.2) is 0 Å². The van der Waals surface area contributed by atoms with Gasteiger partial charge in [0, 0.05) is 39.3 Å². The molecule has 5 heteroatoms. The molecule has 1 heterocycles. The van der Waals surface area contributed by atoms with Crippen molar-refractivity contribution in [3.8, 4) is 0 Å². The molecular formula is C23H41NO4. The first kappa shape index (κ1) is 24.6. The minimum absolute atomic E-state index is 0.153. The Morgan fingerprint density at radius 1 is 0.750 bits per heavy atom. The zero-order valence-electron chi connectivity index (χ0n) is 17.9. The van der Waals surface area contributed by atoms with Crippen molar-refractivity contribution in [2.24, 2.45) is 5.92 Å². The van der Waals surface area contributed by atoms with Gasteiger partial charge in [-0.2, -0.15) is 0 Å². The van der Waals surface area contributed by atoms with E-state index >= 15 is 0 Å². The Hall–Kier alpha value is -1.39. The molecule has 1 amide bonds. The Balaban J connectivity index is 1.84. The Bertz CT molecular complexity index is 456. The summed E-state index contributed by atoms with van der Waals surface area (Å²) >= 11 is 0. The molecule has 5 nitrogen and oxygen atoms in total. The number of carbonyl (C=O) groups excluding carboxylic acids is 2. The van der Waals surface area contributed by atoms with Crippen LogP contribution in [0, 0.1) is 5.92 Å². The number of aliphatic carboxylic acids is 1. The highest BCUT2D eigenvalue weighted by atomic mass is 16.4. The Labute approximate surface area is 171 Å². The van der Waals surface area contributed by atoms with E-state index in [2.05, 4.69) is 0 Å². The molecule has 28 heavy (non-hydrogen) atoms. The van der Waals surface area contributed by atoms with Gasteiger partial charge in [0.1, 0.15) is 5.78 Å². The Morgan fingerprint density at radius 3 is 1.61 bits per heavy atom. The maximum atomic E-state index is 12.1. The van der Waals surface area contributed by atoms with E-state index < -0.39 is 5.97 Å². The van der Waals surface area contributed by atoms with Crippen LogP contribution >= 0.6 is 0 Å². The molecule has 1 aliphatic rings. The fourth-order valence-electron chi connectivity index (χ4n) is 4.07. The maximum absolute atomic E-state index is 12.1. The number of unbranched alkanes of at least 4 members (excludes halogenated alkanes) is 10. The molecule has 162 valence electrons. The average Bonchev–Trinajstić information content (AvgIpc) is 2.65. The molecule has 1 rings (SSSR count). The number of amides is 1. The number of carbonyl (C=O) groups is 3. The number of likely N-dealkylation sites (tertiary alicyclic amines) is 1. The van der Waals surface area contributed by atoms with E-state index in [1.54, 1.807) is 6.92 Å². The summed E-state index contributed by atoms with van der Waals surface area (Å²) in [5.74, 6) is 0.355. The van der Waals surface area contributed by atoms with E-state index in [0.29, 0.717) is 24.5 Å². The lowest BCUT2D eigenvalue weighted by Gasteiger charge is -2.30. The topological polar surface area (TPSA) is 74.7 Å². The number of piperidine rings is 1. The first-order chi connectivity index (χ1) is 13.5. The van der Waals surface area contributed by atoms with Crippen LogP contribution in [-0.2, 0) is 14.4 Å². The van der Waals surface area contributed by atoms with Crippen LogP contribution in [0.15, 0.2) is 0 Å². The Morgan fingerprint density at radius 2 is 1.18 bits per heavy atom. The number of hydrogen-bond donors (Lipinski definition) is 1. The lowest BCUT2D eigenvalue weighted by molar-refractivity contribution is -0.137. The monoisotopic (exact) mass is 395 g/mol. The minimum Gasteiger partial charge on any atom is -0.481 e. The molecule has 0 bridgehead atoms. The molecule has 0 aromatic rings. The number of hydrogen-bond acceptors (Lipinski definition) is 3. The van der Waals surface area contributed by atoms with E-state index in [0.717, 1.165) is 64.5 Å². The lowest BCUT2D eigenvalue weighted by atomic mass is 9.90. The quantitative estimate of drug-likeness (QED) is 0.357. The van der Waals surface area contributed by atoms with Gasteiger partial charge < -0.3 is 10.0 Å². The van der Waals surface area contributed by atoms with Crippen molar-refractivity contribution in [1.82, 2.24) is 4.90 Å². The fourth-order valence-corrected chi connectivity index (χ4v) is 4.07. The summed E-state index contributed by atoms with van der Waals surface area (Å²) in [4.78, 5) is 35.8. The smallest absolute Gasteiger partial charge is 0.303 e. The summed E-state index contributed by atoms with van der Waals surface area (Å²) in [6, 6.07) is 0. The van der Waals surface area contributed by atoms with Crippen molar-refractivity contribution in [2.75, 3.05) is 13.1 Å². The van der Waals surface area contributed by atoms with E-state index in [1.807, 2.05) is 4.90 Å². The number of carboxylic acid groups (broad SMARTS) is 1. The second-order valence-corrected chi connectivity index (χ2v) is 8.48. The Kier molecular flexibility index (Phi) is 13.7. The molecule has 1 N–H and O–H groups in total. The van der Waals surface area contributed by atoms with E-state index in [1.165, 1.54) is 38.5 Å². The standard InChI is InChI=1S/C23H41NO4/c1-20(25)24-17-15-21(16-18-24)19-22(26)13-11-9-7-5-3-2-4-6-8-10-12-14-23(27)28/h21H,2-19H2,1H3,(H,27,28). The summed E-state index contributed by atoms with van der Waals surface area (Å²) in [6.45, 7) is 3.25. The second kappa shape index (κ2) is 15.5. The molecule has 0 spiro atoms. The highest BCUT2D eigenvalue weighted by Crippen LogP contribution is 2.22. The number of ketones is 1. The molecule has 1 saturated heterocycles. The van der Waals surface area contributed by atoms with Crippen LogP contribution in [0.25, 0.3) is 0 Å². The zero-order chi connectivity index (χ0) is 20.6. The normalized spacial score (nSPS) is 15.0. The third kappa shape index (κ3) is 12.9. The zero-order valence-corrected chi connectivity index (χ0v) is 17.9. The van der Waals surface area contributed by atoms with Crippen LogP contribution in [0.4, 0.5) is 0 Å². The maximum Gasteiger partial charge on any atom is 0.303 e. The van der Waals surface area contributed by atoms with Gasteiger partial charge in [0.25, 0.3) is 0 Å². The molecule has 1 aliphatic heterocycles. The highest BCUT2D eigenvalue weighted by Gasteiger charge is 2.22. The number of carboxylic acids is 1. The summed E-state index contributed by atoms with van der Waals surface area (Å²) in [5.41, 5.74) is 0. The molecule has 0 atom stereocenters. The van der Waals surface area contributed by atoms with Gasteiger partial charge in [-0.1, -0.05) is 57.8 Å². The molecule has 1 fully saturated rings. The van der Waals surface area contributed by atoms with Crippen LogP contribution in [0.3, 0.4) is 0 Å². The number of Topliss-reactive ketones (excluding diaryl/α,β-unsaturated/α-hetero) is 1. The third-order valence-corrected chi connectivity index (χ3v) is 5.92. The molecule has 0 unspecified atom stereocenters. The summed E-state index contributed by atoms with van der Waals surface area (Å²) < 4.78 is 0. The van der Waals surface area contributed by atoms with Gasteiger partial charge >= 0.3 is 5.97 Å². The average molecular weight is 396 g/mol. The van der Waals surface area contributed by atoms with Crippen molar-refractivity contribution >= 4 is 17.7 Å². The van der Waals surface area contributed by atoms with Crippen molar-refractivity contribution in [3.63, 3.8) is 0 Å². The van der Waals surface area contributed by atoms with Crippen LogP contribution in [0.1, 0.15) is 110 Å². The molecular weight excluding hydrogens is 354 g/mol. The van der Waals surface area contributed by atoms with Crippen LogP contribution in [0.5, 0.6) is 0 Å². The molecule has 0 aliphatic carbocycles. The minimum atomic E-state index is -0.684. The molecule has 0 saturated carbocycles. The van der Waals surface area contributed by atoms with Crippen molar-refractivity contribution in [1.29, 1.82) is 0 Å². The van der Waals surface area contributed by atoms with Crippen molar-refractivity contribution in [2.45, 2.75) is 110 Å². The summed E-state index contributed by atoms with van der Waals surface area (Å²) in [5, 5.41) is 8.57. The fraction of sp³-hybridized carbons (Fsp3) is 0.870. The van der Waals surface area contributed by atoms with Gasteiger partial charge in [0.15, 0.2) is 0 Å². The molecule has 0 radical (unpaired) electrons. The van der Waals surface area contributed by atoms with Gasteiger partial charge in [0.05, 0.1) is 0 Å². The van der Waals surface area contributed by atoms with Crippen molar-refractivity contribution in [3.05, 3.63) is 0 Å². The summed E-state index contributed by atoms with van der Waals surface area (Å²) in [6.07, 6.45) is 16.4. The largest absolute Gasteiger partial charge is 0.481 e. The first-order valence-electron chi connectivity index (χ1n) is 11.5. The predicted molar refractivity (Wildman–Crippen MR) is 112 cm³/mol. The second-order valence-electron chi connectivity index (χ2n) is 8.48.